The topological polar surface area (TPSA) is 80.8 Å². The quantitative estimate of drug-likeness (QED) is 0.578. The van der Waals surface area contributed by atoms with Crippen LogP contribution in [0.15, 0.2) is 59.5 Å². The molecule has 0 bridgehead atoms. The van der Waals surface area contributed by atoms with Crippen molar-refractivity contribution in [1.82, 2.24) is 4.31 Å². The maximum atomic E-state index is 12.4. The van der Waals surface area contributed by atoms with Gasteiger partial charge in [0, 0.05) is 11.1 Å². The molecule has 0 spiro atoms. The van der Waals surface area contributed by atoms with Gasteiger partial charge in [0.05, 0.1) is 12.1 Å². The summed E-state index contributed by atoms with van der Waals surface area (Å²) in [5.41, 5.74) is 0.774. The van der Waals surface area contributed by atoms with E-state index in [1.165, 1.54) is 24.3 Å². The maximum Gasteiger partial charge on any atom is 0.330 e. The van der Waals surface area contributed by atoms with E-state index in [2.05, 4.69) is 0 Å². The van der Waals surface area contributed by atoms with E-state index in [0.29, 0.717) is 14.9 Å². The molecule has 2 aromatic rings. The Kier molecular flexibility index (Phi) is 5.11. The van der Waals surface area contributed by atoms with E-state index in [1.807, 2.05) is 0 Å². The molecular formula is C18H14ClNO5S. The molecule has 0 unspecified atom stereocenters. The second kappa shape index (κ2) is 7.31. The Labute approximate surface area is 155 Å². The number of ether oxygens (including phenoxy) is 1. The molecule has 1 heterocycles. The first-order valence-corrected chi connectivity index (χ1v) is 9.48. The average molecular weight is 392 g/mol. The Balaban J connectivity index is 1.60. The normalized spacial score (nSPS) is 15.3. The zero-order valence-corrected chi connectivity index (χ0v) is 15.0. The number of amides is 1. The second-order valence-corrected chi connectivity index (χ2v) is 7.64. The average Bonchev–Trinajstić information content (AvgIpc) is 2.82. The van der Waals surface area contributed by atoms with Crippen LogP contribution in [0.5, 0.6) is 0 Å². The number of fused-ring (bicyclic) bond motifs is 1. The van der Waals surface area contributed by atoms with Gasteiger partial charge in [-0.1, -0.05) is 41.9 Å². The van der Waals surface area contributed by atoms with E-state index in [1.54, 1.807) is 36.4 Å². The number of carbonyl (C=O) groups is 2. The number of sulfonamides is 1. The van der Waals surface area contributed by atoms with E-state index in [4.69, 9.17) is 16.3 Å². The van der Waals surface area contributed by atoms with Crippen molar-refractivity contribution in [2.75, 3.05) is 13.2 Å². The van der Waals surface area contributed by atoms with Gasteiger partial charge in [0.1, 0.15) is 11.5 Å². The van der Waals surface area contributed by atoms with Gasteiger partial charge in [-0.25, -0.2) is 17.5 Å². The highest BCUT2D eigenvalue weighted by molar-refractivity contribution is 7.90. The number of hydrogen-bond acceptors (Lipinski definition) is 5. The zero-order valence-electron chi connectivity index (χ0n) is 13.5. The number of hydrogen-bond donors (Lipinski definition) is 0. The summed E-state index contributed by atoms with van der Waals surface area (Å²) >= 11 is 5.98. The lowest BCUT2D eigenvalue weighted by molar-refractivity contribution is -0.137. The van der Waals surface area contributed by atoms with Crippen LogP contribution < -0.4 is 0 Å². The molecule has 1 amide bonds. The molecule has 0 saturated carbocycles. The molecule has 1 aliphatic rings. The lowest BCUT2D eigenvalue weighted by atomic mass is 10.2. The number of nitrogens with zero attached hydrogens (tertiary/aromatic N) is 1. The zero-order chi connectivity index (χ0) is 18.7. The lowest BCUT2D eigenvalue weighted by Gasteiger charge is -2.14. The predicted octanol–water partition coefficient (Wildman–Crippen LogP) is 2.74. The van der Waals surface area contributed by atoms with Crippen molar-refractivity contribution in [3.63, 3.8) is 0 Å². The van der Waals surface area contributed by atoms with Gasteiger partial charge in [0.15, 0.2) is 0 Å². The summed E-state index contributed by atoms with van der Waals surface area (Å²) in [6, 6.07) is 12.9. The predicted molar refractivity (Wildman–Crippen MR) is 96.1 cm³/mol. The summed E-state index contributed by atoms with van der Waals surface area (Å²) in [6.07, 6.45) is 2.69. The molecule has 3 rings (SSSR count). The minimum absolute atomic E-state index is 0.0325. The molecule has 1 aliphatic heterocycles. The van der Waals surface area contributed by atoms with Crippen molar-refractivity contribution >= 4 is 39.6 Å². The first kappa shape index (κ1) is 18.2. The summed E-state index contributed by atoms with van der Waals surface area (Å²) in [4.78, 5) is 23.9. The Bertz CT molecular complexity index is 1000. The minimum atomic E-state index is -3.90. The van der Waals surface area contributed by atoms with Crippen LogP contribution in [0.1, 0.15) is 15.9 Å². The number of esters is 1. The van der Waals surface area contributed by atoms with Crippen LogP contribution in [0.4, 0.5) is 0 Å². The van der Waals surface area contributed by atoms with Gasteiger partial charge >= 0.3 is 5.97 Å². The van der Waals surface area contributed by atoms with Crippen LogP contribution in [-0.2, 0) is 19.6 Å². The fraction of sp³-hybridized carbons (Fsp3) is 0.111. The number of rotatable bonds is 5. The minimum Gasteiger partial charge on any atom is -0.461 e. The lowest BCUT2D eigenvalue weighted by Crippen LogP contribution is -2.33. The van der Waals surface area contributed by atoms with Crippen LogP contribution in [0, 0.1) is 0 Å². The smallest absolute Gasteiger partial charge is 0.330 e. The van der Waals surface area contributed by atoms with Crippen LogP contribution in [-0.4, -0.2) is 37.8 Å². The third kappa shape index (κ3) is 3.49. The van der Waals surface area contributed by atoms with Gasteiger partial charge in [-0.15, -0.1) is 0 Å². The molecule has 0 aromatic heterocycles. The summed E-state index contributed by atoms with van der Waals surface area (Å²) in [5.74, 6) is -1.28. The van der Waals surface area contributed by atoms with Crippen LogP contribution >= 0.6 is 11.6 Å². The van der Waals surface area contributed by atoms with Gasteiger partial charge in [-0.2, -0.15) is 0 Å². The molecule has 2 aromatic carbocycles. The third-order valence-corrected chi connectivity index (χ3v) is 5.94. The summed E-state index contributed by atoms with van der Waals surface area (Å²) in [6.45, 7) is -0.494. The van der Waals surface area contributed by atoms with Gasteiger partial charge in [-0.3, -0.25) is 4.79 Å². The Morgan fingerprint density at radius 2 is 1.81 bits per heavy atom. The molecule has 0 atom stereocenters. The molecule has 0 saturated heterocycles. The fourth-order valence-electron chi connectivity index (χ4n) is 2.50. The van der Waals surface area contributed by atoms with E-state index in [0.717, 1.165) is 0 Å². The van der Waals surface area contributed by atoms with Crippen LogP contribution in [0.25, 0.3) is 6.08 Å². The van der Waals surface area contributed by atoms with Crippen molar-refractivity contribution in [1.29, 1.82) is 0 Å². The summed E-state index contributed by atoms with van der Waals surface area (Å²) in [5, 5.41) is 0.489. The molecule has 0 fully saturated rings. The number of benzene rings is 2. The van der Waals surface area contributed by atoms with E-state index < -0.39 is 21.9 Å². The molecular weight excluding hydrogens is 378 g/mol. The molecule has 8 heteroatoms. The van der Waals surface area contributed by atoms with Crippen LogP contribution in [0.2, 0.25) is 5.02 Å². The van der Waals surface area contributed by atoms with E-state index >= 15 is 0 Å². The Morgan fingerprint density at radius 1 is 1.12 bits per heavy atom. The number of carbonyl (C=O) groups excluding carboxylic acids is 2. The van der Waals surface area contributed by atoms with Gasteiger partial charge in [0.2, 0.25) is 0 Å². The number of halogens is 1. The molecule has 0 N–H and O–H groups in total. The second-order valence-electron chi connectivity index (χ2n) is 5.40. The Morgan fingerprint density at radius 3 is 2.54 bits per heavy atom. The molecule has 26 heavy (non-hydrogen) atoms. The van der Waals surface area contributed by atoms with E-state index in [9.17, 15) is 18.0 Å². The standard InChI is InChI=1S/C18H14ClNO5S/c19-15-7-3-1-5-13(15)9-10-17(21)25-12-11-20-18(22)14-6-2-4-8-16(14)26(20,23)24/h1-10H,11-12H2/b10-9+. The highest BCUT2D eigenvalue weighted by atomic mass is 35.5. The van der Waals surface area contributed by atoms with Gasteiger partial charge in [-0.05, 0) is 29.8 Å². The molecule has 0 aliphatic carbocycles. The van der Waals surface area contributed by atoms with Gasteiger partial charge in [0.25, 0.3) is 15.9 Å². The van der Waals surface area contributed by atoms with Crippen molar-refractivity contribution in [2.45, 2.75) is 4.90 Å². The van der Waals surface area contributed by atoms with Crippen molar-refractivity contribution in [3.8, 4) is 0 Å². The fourth-order valence-corrected chi connectivity index (χ4v) is 4.25. The summed E-state index contributed by atoms with van der Waals surface area (Å²) < 4.78 is 30.4. The van der Waals surface area contributed by atoms with Crippen molar-refractivity contribution < 1.29 is 22.7 Å². The van der Waals surface area contributed by atoms with Crippen molar-refractivity contribution in [2.24, 2.45) is 0 Å². The molecule has 0 radical (unpaired) electrons. The largest absolute Gasteiger partial charge is 0.461 e. The third-order valence-electron chi connectivity index (χ3n) is 3.75. The first-order chi connectivity index (χ1) is 12.4. The van der Waals surface area contributed by atoms with Crippen LogP contribution in [0.3, 0.4) is 0 Å². The monoisotopic (exact) mass is 391 g/mol. The SMILES string of the molecule is O=C(/C=C/c1ccccc1Cl)OCCN1C(=O)c2ccccc2S1(=O)=O. The van der Waals surface area contributed by atoms with E-state index in [-0.39, 0.29) is 23.6 Å². The molecule has 6 nitrogen and oxygen atoms in total. The first-order valence-electron chi connectivity index (χ1n) is 7.67. The Hall–Kier alpha value is -2.64. The van der Waals surface area contributed by atoms with Gasteiger partial charge < -0.3 is 4.74 Å². The summed E-state index contributed by atoms with van der Waals surface area (Å²) in [7, 11) is -3.90. The van der Waals surface area contributed by atoms with Crippen molar-refractivity contribution in [3.05, 3.63) is 70.8 Å². The highest BCUT2D eigenvalue weighted by Gasteiger charge is 2.40. The maximum absolute atomic E-state index is 12.4. The molecule has 134 valence electrons. The highest BCUT2D eigenvalue weighted by Crippen LogP contribution is 2.29.